The maximum atomic E-state index is 11.9. The van der Waals surface area contributed by atoms with Crippen LogP contribution in [0.5, 0.6) is 0 Å². The van der Waals surface area contributed by atoms with Crippen LogP contribution < -0.4 is 10.5 Å². The maximum absolute atomic E-state index is 11.9. The molecule has 0 spiro atoms. The molecule has 0 aliphatic rings. The first-order valence-electron chi connectivity index (χ1n) is 6.75. The van der Waals surface area contributed by atoms with Crippen LogP contribution in [0.2, 0.25) is 0 Å². The molecule has 3 N–H and O–H groups in total. The van der Waals surface area contributed by atoms with Gasteiger partial charge in [-0.2, -0.15) is 0 Å². The smallest absolute Gasteiger partial charge is 0.250 e. The molecular formula is C13H24N2O2S2. The molecular weight excluding hydrogens is 280 g/mol. The van der Waals surface area contributed by atoms with Crippen molar-refractivity contribution in [3.63, 3.8) is 0 Å². The molecule has 1 aromatic heterocycles. The molecule has 0 saturated heterocycles. The number of sulfonamides is 1. The van der Waals surface area contributed by atoms with E-state index in [0.29, 0.717) is 16.4 Å². The molecule has 0 amide bonds. The van der Waals surface area contributed by atoms with Crippen LogP contribution in [0.4, 0.5) is 5.69 Å². The minimum absolute atomic E-state index is 0.296. The van der Waals surface area contributed by atoms with E-state index in [1.54, 1.807) is 5.38 Å². The first-order chi connectivity index (χ1) is 8.92. The van der Waals surface area contributed by atoms with Gasteiger partial charge in [-0.15, -0.1) is 11.3 Å². The molecule has 19 heavy (non-hydrogen) atoms. The lowest BCUT2D eigenvalue weighted by Gasteiger charge is -2.06. The maximum Gasteiger partial charge on any atom is 0.250 e. The van der Waals surface area contributed by atoms with E-state index in [1.165, 1.54) is 25.3 Å². The Morgan fingerprint density at radius 2 is 1.95 bits per heavy atom. The summed E-state index contributed by atoms with van der Waals surface area (Å²) in [5.41, 5.74) is 6.03. The molecule has 4 nitrogen and oxygen atoms in total. The van der Waals surface area contributed by atoms with E-state index in [9.17, 15) is 8.42 Å². The number of hydrogen-bond donors (Lipinski definition) is 2. The van der Waals surface area contributed by atoms with E-state index in [0.717, 1.165) is 30.1 Å². The summed E-state index contributed by atoms with van der Waals surface area (Å²) >= 11 is 1.16. The molecule has 0 fully saturated rings. The second-order valence-corrected chi connectivity index (χ2v) is 8.10. The molecule has 0 bridgehead atoms. The van der Waals surface area contributed by atoms with Gasteiger partial charge in [0, 0.05) is 17.6 Å². The molecule has 0 aliphatic carbocycles. The Kier molecular flexibility index (Phi) is 6.82. The van der Waals surface area contributed by atoms with Crippen LogP contribution in [0.3, 0.4) is 0 Å². The van der Waals surface area contributed by atoms with Crippen LogP contribution in [-0.2, 0) is 10.0 Å². The van der Waals surface area contributed by atoms with Gasteiger partial charge in [0.1, 0.15) is 4.21 Å². The van der Waals surface area contributed by atoms with Crippen molar-refractivity contribution in [2.45, 2.75) is 50.2 Å². The number of hydrogen-bond acceptors (Lipinski definition) is 4. The second-order valence-electron chi connectivity index (χ2n) is 5.19. The van der Waals surface area contributed by atoms with E-state index in [1.807, 2.05) is 0 Å². The molecule has 1 heterocycles. The number of thiophene rings is 1. The Hall–Kier alpha value is -0.590. The zero-order valence-electron chi connectivity index (χ0n) is 11.7. The van der Waals surface area contributed by atoms with E-state index < -0.39 is 10.0 Å². The highest BCUT2D eigenvalue weighted by atomic mass is 32.2. The lowest BCUT2D eigenvalue weighted by atomic mass is 10.0. The summed E-state index contributed by atoms with van der Waals surface area (Å²) in [6.07, 6.45) is 5.61. The standard InChI is InChI=1S/C13H24N2O2S2/c1-11(2)7-5-3-4-6-8-15-19(16,17)13-9-12(14)10-18-13/h9-11,15H,3-8,14H2,1-2H3. The Balaban J connectivity index is 2.19. The molecule has 0 saturated carbocycles. The van der Waals surface area contributed by atoms with Gasteiger partial charge in [-0.05, 0) is 18.4 Å². The molecule has 6 heteroatoms. The largest absolute Gasteiger partial charge is 0.398 e. The second kappa shape index (κ2) is 7.87. The highest BCUT2D eigenvalue weighted by molar-refractivity contribution is 7.91. The van der Waals surface area contributed by atoms with Crippen molar-refractivity contribution in [3.8, 4) is 0 Å². The SMILES string of the molecule is CC(C)CCCCCCNS(=O)(=O)c1cc(N)cs1. The molecule has 0 aliphatic heterocycles. The zero-order chi connectivity index (χ0) is 14.3. The predicted octanol–water partition coefficient (Wildman–Crippen LogP) is 3.22. The van der Waals surface area contributed by atoms with Gasteiger partial charge in [0.25, 0.3) is 0 Å². The average molecular weight is 304 g/mol. The minimum Gasteiger partial charge on any atom is -0.398 e. The number of rotatable bonds is 9. The number of anilines is 1. The molecule has 0 aromatic carbocycles. The Bertz CT molecular complexity index is 467. The topological polar surface area (TPSA) is 72.2 Å². The summed E-state index contributed by atoms with van der Waals surface area (Å²) in [6, 6.07) is 1.50. The Morgan fingerprint density at radius 3 is 2.53 bits per heavy atom. The lowest BCUT2D eigenvalue weighted by molar-refractivity contribution is 0.517. The van der Waals surface area contributed by atoms with E-state index in [4.69, 9.17) is 5.73 Å². The lowest BCUT2D eigenvalue weighted by Crippen LogP contribution is -2.23. The minimum atomic E-state index is -3.36. The predicted molar refractivity (Wildman–Crippen MR) is 81.8 cm³/mol. The van der Waals surface area contributed by atoms with E-state index >= 15 is 0 Å². The summed E-state index contributed by atoms with van der Waals surface area (Å²) in [5, 5.41) is 1.64. The highest BCUT2D eigenvalue weighted by Crippen LogP contribution is 2.21. The first kappa shape index (κ1) is 16.5. The van der Waals surface area contributed by atoms with Gasteiger partial charge in [0.05, 0.1) is 0 Å². The van der Waals surface area contributed by atoms with Crippen molar-refractivity contribution in [2.75, 3.05) is 12.3 Å². The summed E-state index contributed by atoms with van der Waals surface area (Å²) in [7, 11) is -3.36. The fourth-order valence-electron chi connectivity index (χ4n) is 1.78. The van der Waals surface area contributed by atoms with Crippen molar-refractivity contribution in [1.82, 2.24) is 4.72 Å². The number of nitrogen functional groups attached to an aromatic ring is 1. The van der Waals surface area contributed by atoms with Gasteiger partial charge >= 0.3 is 0 Å². The zero-order valence-corrected chi connectivity index (χ0v) is 13.3. The summed E-state index contributed by atoms with van der Waals surface area (Å²) in [6.45, 7) is 4.95. The van der Waals surface area contributed by atoms with Gasteiger partial charge < -0.3 is 5.73 Å². The van der Waals surface area contributed by atoms with Crippen molar-refractivity contribution >= 4 is 27.0 Å². The first-order valence-corrected chi connectivity index (χ1v) is 9.12. The summed E-state index contributed by atoms with van der Waals surface area (Å²) in [4.78, 5) is 0. The van der Waals surface area contributed by atoms with Gasteiger partial charge in [-0.25, -0.2) is 13.1 Å². The van der Waals surface area contributed by atoms with E-state index in [2.05, 4.69) is 18.6 Å². The van der Waals surface area contributed by atoms with Crippen LogP contribution in [0.1, 0.15) is 46.0 Å². The van der Waals surface area contributed by atoms with Crippen molar-refractivity contribution < 1.29 is 8.42 Å². The van der Waals surface area contributed by atoms with Crippen LogP contribution in [0, 0.1) is 5.92 Å². The Morgan fingerprint density at radius 1 is 1.26 bits per heavy atom. The monoisotopic (exact) mass is 304 g/mol. The van der Waals surface area contributed by atoms with Crippen LogP contribution in [0.25, 0.3) is 0 Å². The fourth-order valence-corrected chi connectivity index (χ4v) is 3.98. The third-order valence-electron chi connectivity index (χ3n) is 2.86. The van der Waals surface area contributed by atoms with Crippen LogP contribution >= 0.6 is 11.3 Å². The number of nitrogens with two attached hydrogens (primary N) is 1. The molecule has 1 aromatic rings. The Labute approximate surface area is 120 Å². The third kappa shape index (κ3) is 6.40. The molecule has 0 radical (unpaired) electrons. The van der Waals surface area contributed by atoms with Gasteiger partial charge in [-0.1, -0.05) is 39.5 Å². The number of unbranched alkanes of at least 4 members (excludes halogenated alkanes) is 3. The van der Waals surface area contributed by atoms with Crippen molar-refractivity contribution in [3.05, 3.63) is 11.4 Å². The molecule has 1 rings (SSSR count). The third-order valence-corrected chi connectivity index (χ3v) is 5.78. The van der Waals surface area contributed by atoms with Gasteiger partial charge in [-0.3, -0.25) is 0 Å². The van der Waals surface area contributed by atoms with Crippen molar-refractivity contribution in [1.29, 1.82) is 0 Å². The molecule has 0 unspecified atom stereocenters. The molecule has 110 valence electrons. The van der Waals surface area contributed by atoms with E-state index in [-0.39, 0.29) is 0 Å². The summed E-state index contributed by atoms with van der Waals surface area (Å²) < 4.78 is 26.6. The fraction of sp³-hybridized carbons (Fsp3) is 0.692. The van der Waals surface area contributed by atoms with Gasteiger partial charge in [0.2, 0.25) is 10.0 Å². The van der Waals surface area contributed by atoms with Crippen LogP contribution in [0.15, 0.2) is 15.7 Å². The van der Waals surface area contributed by atoms with Gasteiger partial charge in [0.15, 0.2) is 0 Å². The summed E-state index contributed by atoms with van der Waals surface area (Å²) in [5.74, 6) is 0.753. The quantitative estimate of drug-likeness (QED) is 0.688. The van der Waals surface area contributed by atoms with Crippen molar-refractivity contribution in [2.24, 2.45) is 5.92 Å². The van der Waals surface area contributed by atoms with Crippen LogP contribution in [-0.4, -0.2) is 15.0 Å². The normalized spacial score (nSPS) is 12.2. The number of nitrogens with one attached hydrogen (secondary N) is 1. The molecule has 0 atom stereocenters. The highest BCUT2D eigenvalue weighted by Gasteiger charge is 2.15. The average Bonchev–Trinajstić information content (AvgIpc) is 2.75.